The van der Waals surface area contributed by atoms with Gasteiger partial charge in [-0.25, -0.2) is 14.5 Å². The van der Waals surface area contributed by atoms with Gasteiger partial charge in [-0.1, -0.05) is 12.1 Å². The van der Waals surface area contributed by atoms with Crippen LogP contribution < -0.4 is 5.56 Å². The van der Waals surface area contributed by atoms with Crippen LogP contribution >= 0.6 is 0 Å². The predicted molar refractivity (Wildman–Crippen MR) is 110 cm³/mol. The van der Waals surface area contributed by atoms with Crippen molar-refractivity contribution in [2.24, 2.45) is 0 Å². The number of phenols is 2. The fourth-order valence-corrected chi connectivity index (χ4v) is 2.94. The summed E-state index contributed by atoms with van der Waals surface area (Å²) >= 11 is 0. The molecule has 0 aliphatic rings. The van der Waals surface area contributed by atoms with Crippen molar-refractivity contribution in [3.8, 4) is 17.3 Å². The molecule has 9 nitrogen and oxygen atoms in total. The molecular weight excluding hydrogens is 388 g/mol. The third-order valence-corrected chi connectivity index (χ3v) is 4.40. The lowest BCUT2D eigenvalue weighted by Gasteiger charge is -2.10. The van der Waals surface area contributed by atoms with E-state index >= 15 is 0 Å². The molecule has 0 unspecified atom stereocenters. The molecule has 0 radical (unpaired) electrons. The maximum absolute atomic E-state index is 13.1. The lowest BCUT2D eigenvalue weighted by atomic mass is 10.1. The number of aromatic hydroxyl groups is 2. The van der Waals surface area contributed by atoms with E-state index < -0.39 is 10.5 Å². The summed E-state index contributed by atoms with van der Waals surface area (Å²) < 4.78 is 1.24. The van der Waals surface area contributed by atoms with Crippen molar-refractivity contribution in [1.29, 1.82) is 0 Å². The summed E-state index contributed by atoms with van der Waals surface area (Å²) in [4.78, 5) is 32.0. The first kappa shape index (κ1) is 18.8. The van der Waals surface area contributed by atoms with Crippen LogP contribution in [0.1, 0.15) is 11.4 Å². The molecule has 9 heteroatoms. The lowest BCUT2D eigenvalue weighted by Crippen LogP contribution is -2.23. The smallest absolute Gasteiger partial charge is 0.287 e. The Morgan fingerprint density at radius 3 is 2.53 bits per heavy atom. The van der Waals surface area contributed by atoms with Crippen LogP contribution in [0.5, 0.6) is 11.5 Å². The minimum Gasteiger partial charge on any atom is -0.508 e. The SMILES string of the molecule is O=c1c2ccccc2nc(/C=C/c2ccc(O)cc2O)n1-c1ccc([N+](=O)[O-])cn1. The molecule has 0 fully saturated rings. The number of phenolic OH excluding ortho intramolecular Hbond substituents is 2. The first-order valence-corrected chi connectivity index (χ1v) is 8.77. The van der Waals surface area contributed by atoms with Gasteiger partial charge >= 0.3 is 0 Å². The van der Waals surface area contributed by atoms with Gasteiger partial charge in [-0.2, -0.15) is 0 Å². The van der Waals surface area contributed by atoms with Gasteiger partial charge in [0.15, 0.2) is 0 Å². The Labute approximate surface area is 169 Å². The molecule has 0 amide bonds. The first-order valence-electron chi connectivity index (χ1n) is 8.77. The van der Waals surface area contributed by atoms with Gasteiger partial charge < -0.3 is 10.2 Å². The van der Waals surface area contributed by atoms with E-state index in [1.807, 2.05) is 0 Å². The Kier molecular flexibility index (Phi) is 4.69. The topological polar surface area (TPSA) is 131 Å². The number of pyridine rings is 1. The minimum absolute atomic E-state index is 0.0829. The molecule has 0 bridgehead atoms. The van der Waals surface area contributed by atoms with Crippen molar-refractivity contribution in [2.45, 2.75) is 0 Å². The molecule has 0 saturated heterocycles. The van der Waals surface area contributed by atoms with E-state index in [0.29, 0.717) is 16.5 Å². The number of aromatic nitrogens is 3. The second kappa shape index (κ2) is 7.47. The van der Waals surface area contributed by atoms with E-state index in [0.717, 1.165) is 6.20 Å². The van der Waals surface area contributed by atoms with Gasteiger partial charge in [0.1, 0.15) is 29.3 Å². The summed E-state index contributed by atoms with van der Waals surface area (Å²) in [6, 6.07) is 13.5. The molecule has 30 heavy (non-hydrogen) atoms. The highest BCUT2D eigenvalue weighted by molar-refractivity contribution is 5.80. The zero-order valence-corrected chi connectivity index (χ0v) is 15.3. The Balaban J connectivity index is 1.91. The molecule has 4 rings (SSSR count). The summed E-state index contributed by atoms with van der Waals surface area (Å²) in [6.07, 6.45) is 4.12. The molecule has 4 aromatic rings. The fraction of sp³-hybridized carbons (Fsp3) is 0. The maximum Gasteiger partial charge on any atom is 0.287 e. The summed E-state index contributed by atoms with van der Waals surface area (Å²) in [5, 5.41) is 30.7. The highest BCUT2D eigenvalue weighted by atomic mass is 16.6. The number of rotatable bonds is 4. The number of fused-ring (bicyclic) bond motifs is 1. The third kappa shape index (κ3) is 3.47. The molecule has 0 spiro atoms. The standard InChI is InChI=1S/C21H14N4O5/c26-15-8-5-13(18(27)11-15)6-9-20-23-17-4-2-1-3-16(17)21(28)24(20)19-10-7-14(12-22-19)25(29)30/h1-12,26-27H/b9-6+. The molecule has 2 heterocycles. The van der Waals surface area contributed by atoms with Gasteiger partial charge in [-0.05, 0) is 42.5 Å². The second-order valence-electron chi connectivity index (χ2n) is 6.34. The molecule has 0 saturated carbocycles. The van der Waals surface area contributed by atoms with E-state index in [4.69, 9.17) is 0 Å². The summed E-state index contributed by atoms with van der Waals surface area (Å²) in [7, 11) is 0. The Hall–Kier alpha value is -4.53. The molecule has 0 atom stereocenters. The van der Waals surface area contributed by atoms with E-state index in [2.05, 4.69) is 9.97 Å². The molecule has 2 aromatic heterocycles. The van der Waals surface area contributed by atoms with Crippen molar-refractivity contribution in [3.05, 3.63) is 92.7 Å². The predicted octanol–water partition coefficient (Wildman–Crippen LogP) is 3.27. The van der Waals surface area contributed by atoms with Crippen LogP contribution in [-0.4, -0.2) is 29.7 Å². The number of nitro groups is 1. The number of hydrogen-bond donors (Lipinski definition) is 2. The van der Waals surface area contributed by atoms with Crippen molar-refractivity contribution in [3.63, 3.8) is 0 Å². The van der Waals surface area contributed by atoms with Crippen LogP contribution in [0.2, 0.25) is 0 Å². The average molecular weight is 402 g/mol. The third-order valence-electron chi connectivity index (χ3n) is 4.40. The maximum atomic E-state index is 13.1. The highest BCUT2D eigenvalue weighted by Crippen LogP contribution is 2.24. The van der Waals surface area contributed by atoms with Crippen molar-refractivity contribution >= 4 is 28.7 Å². The average Bonchev–Trinajstić information content (AvgIpc) is 2.73. The largest absolute Gasteiger partial charge is 0.508 e. The Bertz CT molecular complexity index is 1360. The van der Waals surface area contributed by atoms with Crippen molar-refractivity contribution in [2.75, 3.05) is 0 Å². The van der Waals surface area contributed by atoms with Gasteiger partial charge in [0.25, 0.3) is 11.2 Å². The number of hydrogen-bond acceptors (Lipinski definition) is 7. The number of para-hydroxylation sites is 1. The number of nitrogens with zero attached hydrogens (tertiary/aromatic N) is 4. The van der Waals surface area contributed by atoms with Crippen LogP contribution in [0.3, 0.4) is 0 Å². The van der Waals surface area contributed by atoms with Gasteiger partial charge in [-0.15, -0.1) is 0 Å². The Morgan fingerprint density at radius 1 is 1.03 bits per heavy atom. The van der Waals surface area contributed by atoms with Gasteiger partial charge in [0.05, 0.1) is 15.8 Å². The normalized spacial score (nSPS) is 11.2. The van der Waals surface area contributed by atoms with E-state index in [1.54, 1.807) is 24.3 Å². The summed E-state index contributed by atoms with van der Waals surface area (Å²) in [5.74, 6) is 0.154. The molecular formula is C21H14N4O5. The number of benzene rings is 2. The summed E-state index contributed by atoms with van der Waals surface area (Å²) in [6.45, 7) is 0. The molecule has 0 aliphatic heterocycles. The quantitative estimate of drug-likeness (QED) is 0.395. The lowest BCUT2D eigenvalue weighted by molar-refractivity contribution is -0.385. The second-order valence-corrected chi connectivity index (χ2v) is 6.34. The van der Waals surface area contributed by atoms with Crippen LogP contribution in [0, 0.1) is 10.1 Å². The van der Waals surface area contributed by atoms with E-state index in [9.17, 15) is 25.1 Å². The molecule has 2 aromatic carbocycles. The van der Waals surface area contributed by atoms with Crippen LogP contribution in [-0.2, 0) is 0 Å². The zero-order chi connectivity index (χ0) is 21.3. The molecule has 2 N–H and O–H groups in total. The van der Waals surface area contributed by atoms with Gasteiger partial charge in [0, 0.05) is 17.7 Å². The highest BCUT2D eigenvalue weighted by Gasteiger charge is 2.14. The molecule has 0 aliphatic carbocycles. The van der Waals surface area contributed by atoms with Gasteiger partial charge in [-0.3, -0.25) is 14.9 Å². The van der Waals surface area contributed by atoms with E-state index in [1.165, 1.54) is 47.1 Å². The summed E-state index contributed by atoms with van der Waals surface area (Å²) in [5.41, 5.74) is 0.275. The van der Waals surface area contributed by atoms with E-state index in [-0.39, 0.29) is 28.8 Å². The first-order chi connectivity index (χ1) is 14.4. The molecule has 148 valence electrons. The monoisotopic (exact) mass is 402 g/mol. The van der Waals surface area contributed by atoms with Crippen molar-refractivity contribution in [1.82, 2.24) is 14.5 Å². The van der Waals surface area contributed by atoms with Gasteiger partial charge in [0.2, 0.25) is 0 Å². The zero-order valence-electron chi connectivity index (χ0n) is 15.3. The van der Waals surface area contributed by atoms with Crippen molar-refractivity contribution < 1.29 is 15.1 Å². The minimum atomic E-state index is -0.577. The van der Waals surface area contributed by atoms with Crippen LogP contribution in [0.25, 0.3) is 28.9 Å². The Morgan fingerprint density at radius 2 is 1.83 bits per heavy atom. The van der Waals surface area contributed by atoms with Crippen LogP contribution in [0.15, 0.2) is 65.6 Å². The van der Waals surface area contributed by atoms with Crippen LogP contribution in [0.4, 0.5) is 5.69 Å². The fourth-order valence-electron chi connectivity index (χ4n) is 2.94.